The molecular weight excluding hydrogens is 373 g/mol. The molecule has 3 heterocycles. The van der Waals surface area contributed by atoms with Crippen molar-refractivity contribution < 1.29 is 18.7 Å². The normalized spacial score (nSPS) is 20.6. The van der Waals surface area contributed by atoms with Gasteiger partial charge in [-0.3, -0.25) is 14.6 Å². The number of piperidine rings is 1. The number of amides is 2. The van der Waals surface area contributed by atoms with Crippen molar-refractivity contribution in [1.29, 1.82) is 0 Å². The van der Waals surface area contributed by atoms with Gasteiger partial charge in [0, 0.05) is 31.4 Å². The molecule has 1 atom stereocenters. The quantitative estimate of drug-likeness (QED) is 0.861. The highest BCUT2D eigenvalue weighted by Gasteiger charge is 2.43. The third kappa shape index (κ3) is 4.45. The maximum absolute atomic E-state index is 13.3. The molecule has 0 saturated carbocycles. The van der Waals surface area contributed by atoms with Crippen molar-refractivity contribution in [3.8, 4) is 0 Å². The van der Waals surface area contributed by atoms with Crippen molar-refractivity contribution in [3.05, 3.63) is 65.7 Å². The summed E-state index contributed by atoms with van der Waals surface area (Å²) in [6.45, 7) is 1.67. The van der Waals surface area contributed by atoms with Crippen LogP contribution in [0, 0.1) is 5.82 Å². The Balaban J connectivity index is 1.27. The fourth-order valence-electron chi connectivity index (χ4n) is 4.11. The number of carbonyl (C=O) groups excluding carboxylic acids is 2. The summed E-state index contributed by atoms with van der Waals surface area (Å²) in [6.07, 6.45) is 4.89. The van der Waals surface area contributed by atoms with Crippen molar-refractivity contribution in [3.63, 3.8) is 0 Å². The minimum absolute atomic E-state index is 0.0441. The maximum atomic E-state index is 13.3. The minimum atomic E-state index is -0.430. The average Bonchev–Trinajstić information content (AvgIpc) is 3.15. The zero-order valence-corrected chi connectivity index (χ0v) is 16.1. The van der Waals surface area contributed by atoms with Crippen LogP contribution < -0.4 is 5.32 Å². The highest BCUT2D eigenvalue weighted by atomic mass is 19.1. The standard InChI is InChI=1S/C22H24FN3O3/c23-17-5-3-4-16(14-17)20(27)25-15-18-7-8-22(29-18)9-12-26(13-10-22)21(28)19-6-1-2-11-24-19/h1-6,11,14,18H,7-10,12-13,15H2,(H,25,27). The molecule has 1 spiro atoms. The number of carbonyl (C=O) groups is 2. The predicted octanol–water partition coefficient (Wildman–Crippen LogP) is 2.80. The smallest absolute Gasteiger partial charge is 0.272 e. The number of hydrogen-bond donors (Lipinski definition) is 1. The third-order valence-corrected chi connectivity index (χ3v) is 5.76. The molecule has 29 heavy (non-hydrogen) atoms. The fraction of sp³-hybridized carbons (Fsp3) is 0.409. The first-order valence-corrected chi connectivity index (χ1v) is 9.97. The molecule has 0 aliphatic carbocycles. The lowest BCUT2D eigenvalue weighted by Crippen LogP contribution is -2.47. The summed E-state index contributed by atoms with van der Waals surface area (Å²) < 4.78 is 19.6. The number of nitrogens with one attached hydrogen (secondary N) is 1. The molecule has 0 radical (unpaired) electrons. The number of nitrogens with zero attached hydrogens (tertiary/aromatic N) is 2. The van der Waals surface area contributed by atoms with E-state index < -0.39 is 5.82 Å². The first kappa shape index (κ1) is 19.5. The van der Waals surface area contributed by atoms with Gasteiger partial charge in [0.25, 0.3) is 11.8 Å². The van der Waals surface area contributed by atoms with Crippen LogP contribution in [0.3, 0.4) is 0 Å². The van der Waals surface area contributed by atoms with Crippen LogP contribution in [-0.2, 0) is 4.74 Å². The molecule has 6 nitrogen and oxygen atoms in total. The summed E-state index contributed by atoms with van der Waals surface area (Å²) in [5, 5.41) is 2.84. The Morgan fingerprint density at radius 3 is 2.72 bits per heavy atom. The Bertz CT molecular complexity index is 882. The Morgan fingerprint density at radius 1 is 1.17 bits per heavy atom. The van der Waals surface area contributed by atoms with Crippen molar-refractivity contribution in [2.75, 3.05) is 19.6 Å². The van der Waals surface area contributed by atoms with Crippen LogP contribution >= 0.6 is 0 Å². The number of ether oxygens (including phenoxy) is 1. The van der Waals surface area contributed by atoms with E-state index in [1.165, 1.54) is 18.2 Å². The second kappa shape index (κ2) is 8.29. The third-order valence-electron chi connectivity index (χ3n) is 5.76. The lowest BCUT2D eigenvalue weighted by Gasteiger charge is -2.39. The van der Waals surface area contributed by atoms with Crippen LogP contribution in [0.2, 0.25) is 0 Å². The van der Waals surface area contributed by atoms with Gasteiger partial charge >= 0.3 is 0 Å². The number of pyridine rings is 1. The molecule has 2 aliphatic heterocycles. The van der Waals surface area contributed by atoms with E-state index in [0.29, 0.717) is 30.9 Å². The van der Waals surface area contributed by atoms with Crippen molar-refractivity contribution in [1.82, 2.24) is 15.2 Å². The zero-order valence-electron chi connectivity index (χ0n) is 16.1. The van der Waals surface area contributed by atoms with Gasteiger partial charge in [-0.2, -0.15) is 0 Å². The highest BCUT2D eigenvalue weighted by Crippen LogP contribution is 2.38. The van der Waals surface area contributed by atoms with Crippen LogP contribution in [0.5, 0.6) is 0 Å². The van der Waals surface area contributed by atoms with Crippen molar-refractivity contribution >= 4 is 11.8 Å². The van der Waals surface area contributed by atoms with Gasteiger partial charge in [0.2, 0.25) is 0 Å². The summed E-state index contributed by atoms with van der Waals surface area (Å²) >= 11 is 0. The van der Waals surface area contributed by atoms with Gasteiger partial charge in [0.1, 0.15) is 11.5 Å². The molecule has 1 unspecified atom stereocenters. The van der Waals surface area contributed by atoms with Gasteiger partial charge in [-0.05, 0) is 56.0 Å². The molecule has 7 heteroatoms. The summed E-state index contributed by atoms with van der Waals surface area (Å²) in [4.78, 5) is 30.7. The van der Waals surface area contributed by atoms with Crippen LogP contribution in [0.15, 0.2) is 48.7 Å². The molecule has 2 aromatic rings. The van der Waals surface area contributed by atoms with Gasteiger partial charge in [-0.1, -0.05) is 12.1 Å². The van der Waals surface area contributed by atoms with E-state index in [0.717, 1.165) is 25.7 Å². The lowest BCUT2D eigenvalue weighted by molar-refractivity contribution is -0.0712. The van der Waals surface area contributed by atoms with Gasteiger partial charge in [0.05, 0.1) is 11.7 Å². The minimum Gasteiger partial charge on any atom is -0.370 e. The summed E-state index contributed by atoms with van der Waals surface area (Å²) in [5.41, 5.74) is 0.544. The Hall–Kier alpha value is -2.80. The molecule has 4 rings (SSSR count). The number of rotatable bonds is 4. The van der Waals surface area contributed by atoms with Crippen LogP contribution in [0.4, 0.5) is 4.39 Å². The topological polar surface area (TPSA) is 71.5 Å². The Kier molecular flexibility index (Phi) is 5.58. The van der Waals surface area contributed by atoms with E-state index in [4.69, 9.17) is 4.74 Å². The number of likely N-dealkylation sites (tertiary alicyclic amines) is 1. The highest BCUT2D eigenvalue weighted by molar-refractivity contribution is 5.94. The molecule has 2 fully saturated rings. The Morgan fingerprint density at radius 2 is 2.00 bits per heavy atom. The van der Waals surface area contributed by atoms with E-state index in [1.807, 2.05) is 11.0 Å². The number of hydrogen-bond acceptors (Lipinski definition) is 4. The Labute approximate surface area is 169 Å². The van der Waals surface area contributed by atoms with Gasteiger partial charge < -0.3 is 15.0 Å². The molecule has 2 aliphatic rings. The zero-order chi connectivity index (χ0) is 20.3. The van der Waals surface area contributed by atoms with E-state index in [2.05, 4.69) is 10.3 Å². The molecule has 1 N–H and O–H groups in total. The average molecular weight is 397 g/mol. The second-order valence-corrected chi connectivity index (χ2v) is 7.69. The molecule has 0 bridgehead atoms. The monoisotopic (exact) mass is 397 g/mol. The van der Waals surface area contributed by atoms with E-state index >= 15 is 0 Å². The molecule has 152 valence electrons. The summed E-state index contributed by atoms with van der Waals surface area (Å²) in [5.74, 6) is -0.775. The molecule has 1 aromatic carbocycles. The fourth-order valence-corrected chi connectivity index (χ4v) is 4.11. The van der Waals surface area contributed by atoms with Gasteiger partial charge in [0.15, 0.2) is 0 Å². The SMILES string of the molecule is O=C(NCC1CCC2(CCN(C(=O)c3ccccn3)CC2)O1)c1cccc(F)c1. The molecular formula is C22H24FN3O3. The second-order valence-electron chi connectivity index (χ2n) is 7.69. The largest absolute Gasteiger partial charge is 0.370 e. The predicted molar refractivity (Wildman–Crippen MR) is 105 cm³/mol. The number of benzene rings is 1. The molecule has 1 aromatic heterocycles. The molecule has 2 saturated heterocycles. The number of halogens is 1. The van der Waals surface area contributed by atoms with Gasteiger partial charge in [-0.25, -0.2) is 4.39 Å². The first-order chi connectivity index (χ1) is 14.0. The lowest BCUT2D eigenvalue weighted by atomic mass is 9.88. The van der Waals surface area contributed by atoms with Crippen LogP contribution in [-0.4, -0.2) is 53.0 Å². The van der Waals surface area contributed by atoms with E-state index in [-0.39, 0.29) is 23.5 Å². The van der Waals surface area contributed by atoms with Crippen molar-refractivity contribution in [2.24, 2.45) is 0 Å². The number of aromatic nitrogens is 1. The maximum Gasteiger partial charge on any atom is 0.272 e. The van der Waals surface area contributed by atoms with Crippen LogP contribution in [0.1, 0.15) is 46.5 Å². The van der Waals surface area contributed by atoms with Crippen LogP contribution in [0.25, 0.3) is 0 Å². The van der Waals surface area contributed by atoms with E-state index in [1.54, 1.807) is 24.4 Å². The first-order valence-electron chi connectivity index (χ1n) is 9.97. The summed E-state index contributed by atoms with van der Waals surface area (Å²) in [6, 6.07) is 11.0. The summed E-state index contributed by atoms with van der Waals surface area (Å²) in [7, 11) is 0. The van der Waals surface area contributed by atoms with Crippen molar-refractivity contribution in [2.45, 2.75) is 37.4 Å². The molecule has 2 amide bonds. The van der Waals surface area contributed by atoms with E-state index in [9.17, 15) is 14.0 Å². The van der Waals surface area contributed by atoms with Gasteiger partial charge in [-0.15, -0.1) is 0 Å².